The Morgan fingerprint density at radius 3 is 3.00 bits per heavy atom. The summed E-state index contributed by atoms with van der Waals surface area (Å²) in [6.45, 7) is 4.31. The zero-order valence-electron chi connectivity index (χ0n) is 13.0. The number of fused-ring (bicyclic) bond motifs is 1. The fourth-order valence-corrected chi connectivity index (χ4v) is 4.38. The van der Waals surface area contributed by atoms with Gasteiger partial charge in [-0.1, -0.05) is 6.07 Å². The fourth-order valence-electron chi connectivity index (χ4n) is 3.72. The first-order chi connectivity index (χ1) is 11.3. The van der Waals surface area contributed by atoms with Crippen LogP contribution >= 0.6 is 11.3 Å². The van der Waals surface area contributed by atoms with E-state index in [1.54, 1.807) is 17.5 Å². The van der Waals surface area contributed by atoms with Gasteiger partial charge in [0.1, 0.15) is 5.01 Å². The highest BCUT2D eigenvalue weighted by molar-refractivity contribution is 7.09. The van der Waals surface area contributed by atoms with Gasteiger partial charge in [0.25, 0.3) is 0 Å². The van der Waals surface area contributed by atoms with Gasteiger partial charge in [0.2, 0.25) is 5.91 Å². The van der Waals surface area contributed by atoms with Gasteiger partial charge in [-0.05, 0) is 24.0 Å². The van der Waals surface area contributed by atoms with Crippen LogP contribution in [0.1, 0.15) is 17.0 Å². The van der Waals surface area contributed by atoms with Gasteiger partial charge in [0.05, 0.1) is 12.5 Å². The predicted molar refractivity (Wildman–Crippen MR) is 88.6 cm³/mol. The quantitative estimate of drug-likeness (QED) is 0.861. The molecule has 5 nitrogen and oxygen atoms in total. The summed E-state index contributed by atoms with van der Waals surface area (Å²) < 4.78 is 0. The Hall–Kier alpha value is -1.79. The lowest BCUT2D eigenvalue weighted by molar-refractivity contribution is -0.140. The number of thiazole rings is 1. The number of hydrogen-bond acceptors (Lipinski definition) is 5. The summed E-state index contributed by atoms with van der Waals surface area (Å²) >= 11 is 1.69. The SMILES string of the molecule is O=C1[C@@H]2CN(Cc3nccs3)C[C@H]2CCN1Cc1cccnc1. The maximum atomic E-state index is 12.8. The Morgan fingerprint density at radius 2 is 2.22 bits per heavy atom. The first-order valence-corrected chi connectivity index (χ1v) is 8.96. The molecule has 1 amide bonds. The van der Waals surface area contributed by atoms with Crippen molar-refractivity contribution in [3.63, 3.8) is 0 Å². The number of amides is 1. The van der Waals surface area contributed by atoms with Crippen LogP contribution in [0.3, 0.4) is 0 Å². The van der Waals surface area contributed by atoms with Crippen molar-refractivity contribution in [1.29, 1.82) is 0 Å². The van der Waals surface area contributed by atoms with Crippen LogP contribution < -0.4 is 0 Å². The minimum atomic E-state index is 0.153. The molecule has 0 aliphatic carbocycles. The second-order valence-corrected chi connectivity index (χ2v) is 7.38. The van der Waals surface area contributed by atoms with Crippen molar-refractivity contribution in [3.8, 4) is 0 Å². The Balaban J connectivity index is 1.40. The molecule has 0 aromatic carbocycles. The molecule has 23 heavy (non-hydrogen) atoms. The summed E-state index contributed by atoms with van der Waals surface area (Å²) in [5.41, 5.74) is 1.11. The molecule has 0 spiro atoms. The van der Waals surface area contributed by atoms with E-state index in [9.17, 15) is 4.79 Å². The van der Waals surface area contributed by atoms with Crippen LogP contribution in [0.5, 0.6) is 0 Å². The number of rotatable bonds is 4. The van der Waals surface area contributed by atoms with Crippen LogP contribution in [0.15, 0.2) is 36.1 Å². The lowest BCUT2D eigenvalue weighted by Crippen LogP contribution is -2.44. The van der Waals surface area contributed by atoms with E-state index in [1.165, 1.54) is 0 Å². The molecule has 6 heteroatoms. The third-order valence-electron chi connectivity index (χ3n) is 4.85. The maximum absolute atomic E-state index is 12.8. The highest BCUT2D eigenvalue weighted by atomic mass is 32.1. The molecule has 0 radical (unpaired) electrons. The molecular weight excluding hydrogens is 308 g/mol. The highest BCUT2D eigenvalue weighted by Gasteiger charge is 2.42. The average Bonchev–Trinajstić information content (AvgIpc) is 3.21. The molecule has 2 aromatic rings. The molecule has 2 atom stereocenters. The van der Waals surface area contributed by atoms with Gasteiger partial charge in [0.15, 0.2) is 0 Å². The van der Waals surface area contributed by atoms with Gasteiger partial charge in [-0.3, -0.25) is 14.7 Å². The number of pyridine rings is 1. The van der Waals surface area contributed by atoms with Crippen LogP contribution in [-0.4, -0.2) is 45.3 Å². The number of piperidine rings is 1. The summed E-state index contributed by atoms with van der Waals surface area (Å²) in [6, 6.07) is 3.97. The van der Waals surface area contributed by atoms with Crippen molar-refractivity contribution >= 4 is 17.2 Å². The lowest BCUT2D eigenvalue weighted by atomic mass is 9.88. The van der Waals surface area contributed by atoms with Gasteiger partial charge in [-0.25, -0.2) is 4.98 Å². The van der Waals surface area contributed by atoms with E-state index in [0.717, 1.165) is 43.2 Å². The summed E-state index contributed by atoms with van der Waals surface area (Å²) in [5.74, 6) is 0.972. The molecule has 0 saturated carbocycles. The standard InChI is InChI=1S/C17H20N4OS/c22-17-15-11-20(12-16-19-5-7-23-16)10-14(15)3-6-21(17)9-13-2-1-4-18-8-13/h1-2,4-5,7-8,14-15H,3,6,9-12H2/t14-,15-/m1/s1. The van der Waals surface area contributed by atoms with Crippen molar-refractivity contribution in [1.82, 2.24) is 19.8 Å². The monoisotopic (exact) mass is 328 g/mol. The van der Waals surface area contributed by atoms with Gasteiger partial charge >= 0.3 is 0 Å². The van der Waals surface area contributed by atoms with Crippen LogP contribution in [0.4, 0.5) is 0 Å². The van der Waals surface area contributed by atoms with E-state index in [4.69, 9.17) is 0 Å². The summed E-state index contributed by atoms with van der Waals surface area (Å²) in [7, 11) is 0. The minimum absolute atomic E-state index is 0.153. The Kier molecular flexibility index (Phi) is 4.10. The lowest BCUT2D eigenvalue weighted by Gasteiger charge is -2.33. The molecule has 0 unspecified atom stereocenters. The Bertz CT molecular complexity index is 660. The van der Waals surface area contributed by atoms with E-state index in [2.05, 4.69) is 14.9 Å². The molecule has 120 valence electrons. The van der Waals surface area contributed by atoms with Crippen molar-refractivity contribution in [2.24, 2.45) is 11.8 Å². The molecular formula is C17H20N4OS. The third kappa shape index (κ3) is 3.14. The van der Waals surface area contributed by atoms with Gasteiger partial charge in [-0.15, -0.1) is 11.3 Å². The first-order valence-electron chi connectivity index (χ1n) is 8.08. The molecule has 4 heterocycles. The maximum Gasteiger partial charge on any atom is 0.227 e. The van der Waals surface area contributed by atoms with E-state index in [0.29, 0.717) is 18.4 Å². The molecule has 2 aliphatic heterocycles. The second kappa shape index (κ2) is 6.37. The molecule has 2 aliphatic rings. The van der Waals surface area contributed by atoms with Crippen molar-refractivity contribution < 1.29 is 4.79 Å². The van der Waals surface area contributed by atoms with Crippen LogP contribution in [0, 0.1) is 11.8 Å². The van der Waals surface area contributed by atoms with Crippen molar-refractivity contribution in [2.75, 3.05) is 19.6 Å². The zero-order chi connectivity index (χ0) is 15.6. The van der Waals surface area contributed by atoms with Crippen LogP contribution in [-0.2, 0) is 17.9 Å². The normalized spacial score (nSPS) is 24.9. The largest absolute Gasteiger partial charge is 0.338 e. The van der Waals surface area contributed by atoms with Crippen LogP contribution in [0.2, 0.25) is 0 Å². The van der Waals surface area contributed by atoms with E-state index in [1.807, 2.05) is 34.8 Å². The number of hydrogen-bond donors (Lipinski definition) is 0. The molecule has 2 saturated heterocycles. The average molecular weight is 328 g/mol. The summed E-state index contributed by atoms with van der Waals surface area (Å²) in [4.78, 5) is 25.7. The topological polar surface area (TPSA) is 49.3 Å². The van der Waals surface area contributed by atoms with Crippen molar-refractivity contribution in [3.05, 3.63) is 46.7 Å². The van der Waals surface area contributed by atoms with E-state index in [-0.39, 0.29) is 5.92 Å². The molecule has 2 aromatic heterocycles. The smallest absolute Gasteiger partial charge is 0.227 e. The third-order valence-corrected chi connectivity index (χ3v) is 5.62. The van der Waals surface area contributed by atoms with Crippen molar-refractivity contribution in [2.45, 2.75) is 19.5 Å². The Morgan fingerprint density at radius 1 is 1.26 bits per heavy atom. The van der Waals surface area contributed by atoms with E-state index < -0.39 is 0 Å². The van der Waals surface area contributed by atoms with E-state index >= 15 is 0 Å². The molecule has 4 rings (SSSR count). The van der Waals surface area contributed by atoms with Gasteiger partial charge in [-0.2, -0.15) is 0 Å². The first kappa shape index (κ1) is 14.8. The molecule has 0 N–H and O–H groups in total. The summed E-state index contributed by atoms with van der Waals surface area (Å²) in [5, 5.41) is 3.16. The molecule has 0 bridgehead atoms. The fraction of sp³-hybridized carbons (Fsp3) is 0.471. The highest BCUT2D eigenvalue weighted by Crippen LogP contribution is 2.33. The second-order valence-electron chi connectivity index (χ2n) is 6.40. The number of carbonyl (C=O) groups excluding carboxylic acids is 1. The molecule has 2 fully saturated rings. The number of nitrogens with zero attached hydrogens (tertiary/aromatic N) is 4. The number of likely N-dealkylation sites (tertiary alicyclic amines) is 2. The Labute approximate surface area is 140 Å². The minimum Gasteiger partial charge on any atom is -0.338 e. The predicted octanol–water partition coefficient (Wildman–Crippen LogP) is 2.02. The zero-order valence-corrected chi connectivity index (χ0v) is 13.8. The van der Waals surface area contributed by atoms with Crippen LogP contribution in [0.25, 0.3) is 0 Å². The summed E-state index contributed by atoms with van der Waals surface area (Å²) in [6.07, 6.45) is 6.57. The van der Waals surface area contributed by atoms with Gasteiger partial charge in [0, 0.05) is 50.1 Å². The number of carbonyl (C=O) groups is 1. The number of aromatic nitrogens is 2. The van der Waals surface area contributed by atoms with Gasteiger partial charge < -0.3 is 4.90 Å².